The van der Waals surface area contributed by atoms with Gasteiger partial charge in [-0.05, 0) is 24.0 Å². The Morgan fingerprint density at radius 3 is 2.21 bits per heavy atom. The molecule has 4 rings (SSSR count). The van der Waals surface area contributed by atoms with Crippen LogP contribution in [-0.2, 0) is 22.5 Å². The van der Waals surface area contributed by atoms with Gasteiger partial charge in [0.05, 0.1) is 25.7 Å². The summed E-state index contributed by atoms with van der Waals surface area (Å²) < 4.78 is 7.04. The molecule has 5 atom stereocenters. The minimum absolute atomic E-state index is 0. The normalized spacial score (nSPS) is 26.5. The molecule has 186 valence electrons. The van der Waals surface area contributed by atoms with E-state index in [9.17, 15) is 9.90 Å². The fourth-order valence-electron chi connectivity index (χ4n) is 6.08. The van der Waals surface area contributed by atoms with Crippen molar-refractivity contribution in [1.82, 2.24) is 0 Å². The van der Waals surface area contributed by atoms with E-state index in [1.54, 1.807) is 0 Å². The summed E-state index contributed by atoms with van der Waals surface area (Å²) in [5.74, 6) is -0.884. The van der Waals surface area contributed by atoms with Gasteiger partial charge in [-0.2, -0.15) is 0 Å². The molecule has 0 saturated carbocycles. The van der Waals surface area contributed by atoms with Crippen molar-refractivity contribution in [3.8, 4) is 0 Å². The lowest BCUT2D eigenvalue weighted by Crippen LogP contribution is -3.00. The summed E-state index contributed by atoms with van der Waals surface area (Å²) in [6.07, 6.45) is 9.21. The Labute approximate surface area is 215 Å². The molecular formula is C29H40BrNO3. The van der Waals surface area contributed by atoms with Crippen molar-refractivity contribution >= 4 is 5.97 Å². The number of hydrogen-bond donors (Lipinski definition) is 1. The van der Waals surface area contributed by atoms with Crippen molar-refractivity contribution in [2.45, 2.75) is 88.9 Å². The van der Waals surface area contributed by atoms with Crippen LogP contribution >= 0.6 is 0 Å². The number of unbranched alkanes of at least 4 members (excludes halogenated alkanes) is 2. The molecule has 2 saturated heterocycles. The second-order valence-corrected chi connectivity index (χ2v) is 10.3. The summed E-state index contributed by atoms with van der Waals surface area (Å²) in [5.41, 5.74) is 3.68. The molecule has 3 unspecified atom stereocenters. The van der Waals surface area contributed by atoms with Crippen molar-refractivity contribution in [2.24, 2.45) is 0 Å². The van der Waals surface area contributed by atoms with E-state index in [0.29, 0.717) is 12.1 Å². The Bertz CT molecular complexity index is 887. The molecule has 1 N–H and O–H groups in total. The third-order valence-corrected chi connectivity index (χ3v) is 8.14. The lowest BCUT2D eigenvalue weighted by Gasteiger charge is -2.47. The van der Waals surface area contributed by atoms with Crippen molar-refractivity contribution in [3.05, 3.63) is 71.3 Å². The Kier molecular flexibility index (Phi) is 9.75. The van der Waals surface area contributed by atoms with Crippen LogP contribution in [0.5, 0.6) is 0 Å². The number of ether oxygens (including phenoxy) is 1. The summed E-state index contributed by atoms with van der Waals surface area (Å²) in [6.45, 7) is 3.08. The van der Waals surface area contributed by atoms with Gasteiger partial charge < -0.3 is 31.3 Å². The molecule has 2 heterocycles. The highest BCUT2D eigenvalue weighted by Gasteiger charge is 2.52. The van der Waals surface area contributed by atoms with Gasteiger partial charge in [-0.3, -0.25) is 4.79 Å². The predicted octanol–water partition coefficient (Wildman–Crippen LogP) is 2.38. The zero-order chi connectivity index (χ0) is 23.3. The van der Waals surface area contributed by atoms with Crippen LogP contribution in [0.25, 0.3) is 0 Å². The molecule has 2 aromatic carbocycles. The number of aryl methyl sites for hydroxylation is 1. The molecule has 0 spiro atoms. The lowest BCUT2D eigenvalue weighted by molar-refractivity contribution is -0.961. The third-order valence-electron chi connectivity index (χ3n) is 8.14. The first-order valence-electron chi connectivity index (χ1n) is 12.8. The Balaban J connectivity index is 0.00000324. The van der Waals surface area contributed by atoms with Gasteiger partial charge in [0.1, 0.15) is 18.6 Å². The maximum absolute atomic E-state index is 12.9. The number of halogens is 1. The number of quaternary nitrogens is 1. The molecule has 2 bridgehead atoms. The van der Waals surface area contributed by atoms with Crippen molar-refractivity contribution in [3.63, 3.8) is 0 Å². The molecule has 0 amide bonds. The quantitative estimate of drug-likeness (QED) is 0.292. The number of piperidine rings is 1. The average molecular weight is 531 g/mol. The molecule has 34 heavy (non-hydrogen) atoms. The summed E-state index contributed by atoms with van der Waals surface area (Å²) in [6, 6.07) is 19.8. The van der Waals surface area contributed by atoms with E-state index >= 15 is 0 Å². The zero-order valence-corrected chi connectivity index (χ0v) is 22.3. The number of fused-ring (bicyclic) bond motifs is 2. The molecule has 5 heteroatoms. The van der Waals surface area contributed by atoms with E-state index in [4.69, 9.17) is 4.74 Å². The van der Waals surface area contributed by atoms with Crippen molar-refractivity contribution in [2.75, 3.05) is 13.7 Å². The molecule has 2 aliphatic heterocycles. The number of carbonyl (C=O) groups is 1. The molecule has 0 aromatic heterocycles. The molecule has 0 radical (unpaired) electrons. The maximum atomic E-state index is 12.9. The first-order chi connectivity index (χ1) is 16.0. The fraction of sp³-hybridized carbons (Fsp3) is 0.552. The highest BCUT2D eigenvalue weighted by Crippen LogP contribution is 2.43. The second kappa shape index (κ2) is 12.3. The van der Waals surface area contributed by atoms with Crippen molar-refractivity contribution < 1.29 is 36.1 Å². The van der Waals surface area contributed by atoms with Crippen LogP contribution in [0.3, 0.4) is 0 Å². The van der Waals surface area contributed by atoms with E-state index in [-0.39, 0.29) is 35.7 Å². The van der Waals surface area contributed by atoms with Crippen LogP contribution in [0.2, 0.25) is 0 Å². The number of hydrogen-bond acceptors (Lipinski definition) is 3. The predicted molar refractivity (Wildman–Crippen MR) is 132 cm³/mol. The minimum atomic E-state index is -0.595. The SMILES string of the molecule is CCCCCc1ccc(C[N+]2(C)[C@@H]3CC[C@H]2CC(OC(=O)C(CO)c2ccccc2)C3)cc1.[Br-]. The van der Waals surface area contributed by atoms with Gasteiger partial charge in [0, 0.05) is 31.2 Å². The Morgan fingerprint density at radius 2 is 1.62 bits per heavy atom. The van der Waals surface area contributed by atoms with Gasteiger partial charge in [-0.15, -0.1) is 0 Å². The summed E-state index contributed by atoms with van der Waals surface area (Å²) in [4.78, 5) is 12.9. The van der Waals surface area contributed by atoms with Gasteiger partial charge in [-0.25, -0.2) is 0 Å². The second-order valence-electron chi connectivity index (χ2n) is 10.3. The first-order valence-corrected chi connectivity index (χ1v) is 12.8. The average Bonchev–Trinajstić information content (AvgIpc) is 2.98. The molecule has 2 fully saturated rings. The van der Waals surface area contributed by atoms with Crippen LogP contribution in [0.15, 0.2) is 54.6 Å². The molecule has 2 aliphatic rings. The van der Waals surface area contributed by atoms with Gasteiger partial charge in [0.25, 0.3) is 0 Å². The fourth-order valence-corrected chi connectivity index (χ4v) is 6.08. The van der Waals surface area contributed by atoms with Crippen molar-refractivity contribution in [1.29, 1.82) is 0 Å². The standard InChI is InChI=1S/C29H40NO3.BrH/c1-3-4-6-9-22-12-14-23(15-13-22)20-30(2)25-16-17-26(30)19-27(18-25)33-29(32)28(21-31)24-10-7-5-8-11-24;/h5,7-8,10-15,25-28,31H,3-4,6,9,16-21H2,1-2H3;1H/q+1;/p-1/t25-,26+,27?,28?,30?;. The van der Waals surface area contributed by atoms with Crippen LogP contribution < -0.4 is 17.0 Å². The highest BCUT2D eigenvalue weighted by atomic mass is 79.9. The van der Waals surface area contributed by atoms with E-state index in [1.165, 1.54) is 49.7 Å². The van der Waals surface area contributed by atoms with Gasteiger partial charge >= 0.3 is 5.97 Å². The highest BCUT2D eigenvalue weighted by molar-refractivity contribution is 5.78. The summed E-state index contributed by atoms with van der Waals surface area (Å²) >= 11 is 0. The van der Waals surface area contributed by atoms with Crippen LogP contribution in [-0.4, -0.2) is 47.4 Å². The monoisotopic (exact) mass is 529 g/mol. The number of rotatable bonds is 10. The summed E-state index contributed by atoms with van der Waals surface area (Å²) in [5, 5.41) is 9.82. The van der Waals surface area contributed by atoms with Crippen LogP contribution in [0, 0.1) is 0 Å². The molecule has 2 aromatic rings. The first kappa shape index (κ1) is 26.9. The number of aliphatic hydroxyl groups excluding tert-OH is 1. The van der Waals surface area contributed by atoms with E-state index < -0.39 is 5.92 Å². The molecule has 0 aliphatic carbocycles. The zero-order valence-electron chi connectivity index (χ0n) is 20.7. The number of aliphatic hydroxyl groups is 1. The van der Waals surface area contributed by atoms with Gasteiger partial charge in [0.15, 0.2) is 0 Å². The number of benzene rings is 2. The smallest absolute Gasteiger partial charge is 0.316 e. The van der Waals surface area contributed by atoms with E-state index in [0.717, 1.165) is 29.4 Å². The lowest BCUT2D eigenvalue weighted by atomic mass is 9.94. The Morgan fingerprint density at radius 1 is 1.00 bits per heavy atom. The van der Waals surface area contributed by atoms with E-state index in [1.807, 2.05) is 30.3 Å². The largest absolute Gasteiger partial charge is 1.00 e. The maximum Gasteiger partial charge on any atom is 0.316 e. The minimum Gasteiger partial charge on any atom is -1.00 e. The molecule has 4 nitrogen and oxygen atoms in total. The number of carbonyl (C=O) groups excluding carboxylic acids is 1. The van der Waals surface area contributed by atoms with E-state index in [2.05, 4.69) is 38.2 Å². The van der Waals surface area contributed by atoms with Crippen LogP contribution in [0.1, 0.15) is 74.5 Å². The molecular weight excluding hydrogens is 490 g/mol. The Hall–Kier alpha value is -1.69. The number of nitrogens with zero attached hydrogens (tertiary/aromatic N) is 1. The van der Waals surface area contributed by atoms with Gasteiger partial charge in [0.2, 0.25) is 0 Å². The number of esters is 1. The summed E-state index contributed by atoms with van der Waals surface area (Å²) in [7, 11) is 2.40. The van der Waals surface area contributed by atoms with Gasteiger partial charge in [-0.1, -0.05) is 74.4 Å². The third kappa shape index (κ3) is 6.10. The topological polar surface area (TPSA) is 46.5 Å². The van der Waals surface area contributed by atoms with Crippen LogP contribution in [0.4, 0.5) is 0 Å².